The Hall–Kier alpha value is -2.40. The van der Waals surface area contributed by atoms with Gasteiger partial charge >= 0.3 is 0 Å². The monoisotopic (exact) mass is 368 g/mol. The molecule has 0 radical (unpaired) electrons. The SMILES string of the molecule is CCNC(=NCc1cccc(C)n1)NCC(O)c1ccc(C(C)(C)C)cc1. The minimum Gasteiger partial charge on any atom is -0.387 e. The van der Waals surface area contributed by atoms with E-state index in [1.54, 1.807) is 0 Å². The van der Waals surface area contributed by atoms with E-state index in [4.69, 9.17) is 0 Å². The van der Waals surface area contributed by atoms with Crippen LogP contribution in [0.1, 0.15) is 56.3 Å². The lowest BCUT2D eigenvalue weighted by molar-refractivity contribution is 0.181. The van der Waals surface area contributed by atoms with Crippen LogP contribution in [0, 0.1) is 6.92 Å². The quantitative estimate of drug-likeness (QED) is 0.539. The van der Waals surface area contributed by atoms with Crippen LogP contribution in [0.3, 0.4) is 0 Å². The molecule has 0 saturated heterocycles. The molecule has 27 heavy (non-hydrogen) atoms. The maximum atomic E-state index is 10.5. The fourth-order valence-corrected chi connectivity index (χ4v) is 2.71. The number of guanidine groups is 1. The third-order valence-electron chi connectivity index (χ3n) is 4.31. The zero-order valence-electron chi connectivity index (χ0n) is 17.1. The summed E-state index contributed by atoms with van der Waals surface area (Å²) < 4.78 is 0. The zero-order chi connectivity index (χ0) is 19.9. The molecule has 1 unspecified atom stereocenters. The molecule has 0 fully saturated rings. The van der Waals surface area contributed by atoms with Gasteiger partial charge in [0.05, 0.1) is 18.3 Å². The molecule has 0 aliphatic rings. The van der Waals surface area contributed by atoms with Gasteiger partial charge in [-0.2, -0.15) is 0 Å². The molecule has 0 aliphatic heterocycles. The van der Waals surface area contributed by atoms with Gasteiger partial charge < -0.3 is 15.7 Å². The molecule has 1 aromatic heterocycles. The molecule has 2 rings (SSSR count). The second kappa shape index (κ2) is 9.51. The van der Waals surface area contributed by atoms with Gasteiger partial charge in [-0.15, -0.1) is 0 Å². The summed E-state index contributed by atoms with van der Waals surface area (Å²) in [5.41, 5.74) is 4.16. The van der Waals surface area contributed by atoms with Crippen molar-refractivity contribution in [1.82, 2.24) is 15.6 Å². The highest BCUT2D eigenvalue weighted by Crippen LogP contribution is 2.23. The number of aliphatic hydroxyl groups excluding tert-OH is 1. The first-order valence-corrected chi connectivity index (χ1v) is 9.53. The topological polar surface area (TPSA) is 69.5 Å². The first-order chi connectivity index (χ1) is 12.8. The molecule has 0 spiro atoms. The molecular weight excluding hydrogens is 336 g/mol. The lowest BCUT2D eigenvalue weighted by Gasteiger charge is -2.20. The summed E-state index contributed by atoms with van der Waals surface area (Å²) in [6.45, 7) is 12.2. The number of nitrogens with zero attached hydrogens (tertiary/aromatic N) is 2. The summed E-state index contributed by atoms with van der Waals surface area (Å²) in [7, 11) is 0. The minimum absolute atomic E-state index is 0.108. The Kier molecular flexibility index (Phi) is 7.36. The highest BCUT2D eigenvalue weighted by molar-refractivity contribution is 5.79. The number of pyridine rings is 1. The van der Waals surface area contributed by atoms with E-state index in [1.807, 2.05) is 44.2 Å². The van der Waals surface area contributed by atoms with Gasteiger partial charge in [-0.1, -0.05) is 51.1 Å². The Morgan fingerprint density at radius 2 is 1.81 bits per heavy atom. The fourth-order valence-electron chi connectivity index (χ4n) is 2.71. The molecule has 5 heteroatoms. The molecule has 1 heterocycles. The minimum atomic E-state index is -0.597. The van der Waals surface area contributed by atoms with Crippen molar-refractivity contribution in [3.63, 3.8) is 0 Å². The molecule has 146 valence electrons. The summed E-state index contributed by atoms with van der Waals surface area (Å²) in [6.07, 6.45) is -0.597. The van der Waals surface area contributed by atoms with Gasteiger partial charge in [0, 0.05) is 18.8 Å². The lowest BCUT2D eigenvalue weighted by atomic mass is 9.86. The normalized spacial score (nSPS) is 13.3. The van der Waals surface area contributed by atoms with Crippen LogP contribution in [0.4, 0.5) is 0 Å². The van der Waals surface area contributed by atoms with Gasteiger partial charge in [-0.25, -0.2) is 4.99 Å². The lowest BCUT2D eigenvalue weighted by Crippen LogP contribution is -2.39. The van der Waals surface area contributed by atoms with Crippen molar-refractivity contribution in [1.29, 1.82) is 0 Å². The Morgan fingerprint density at radius 3 is 2.41 bits per heavy atom. The molecule has 3 N–H and O–H groups in total. The van der Waals surface area contributed by atoms with Crippen LogP contribution in [0.25, 0.3) is 0 Å². The van der Waals surface area contributed by atoms with E-state index < -0.39 is 6.10 Å². The maximum Gasteiger partial charge on any atom is 0.191 e. The summed E-state index contributed by atoms with van der Waals surface area (Å²) in [6, 6.07) is 14.1. The number of nitrogens with one attached hydrogen (secondary N) is 2. The van der Waals surface area contributed by atoms with Crippen LogP contribution in [0.2, 0.25) is 0 Å². The number of hydrogen-bond acceptors (Lipinski definition) is 3. The molecule has 0 bridgehead atoms. The Morgan fingerprint density at radius 1 is 1.11 bits per heavy atom. The largest absolute Gasteiger partial charge is 0.387 e. The fraction of sp³-hybridized carbons (Fsp3) is 0.455. The van der Waals surface area contributed by atoms with Crippen molar-refractivity contribution >= 4 is 5.96 Å². The number of aryl methyl sites for hydroxylation is 1. The predicted molar refractivity (Wildman–Crippen MR) is 112 cm³/mol. The van der Waals surface area contributed by atoms with Gasteiger partial charge in [0.25, 0.3) is 0 Å². The number of aliphatic imine (C=N–C) groups is 1. The summed E-state index contributed by atoms with van der Waals surface area (Å²) in [5.74, 6) is 0.672. The Balaban J connectivity index is 1.97. The Labute approximate surface area is 163 Å². The van der Waals surface area contributed by atoms with Crippen molar-refractivity contribution in [2.24, 2.45) is 4.99 Å². The molecule has 1 aromatic carbocycles. The van der Waals surface area contributed by atoms with Crippen molar-refractivity contribution in [3.05, 3.63) is 65.0 Å². The number of hydrogen-bond donors (Lipinski definition) is 3. The first-order valence-electron chi connectivity index (χ1n) is 9.53. The van der Waals surface area contributed by atoms with E-state index in [1.165, 1.54) is 5.56 Å². The third-order valence-corrected chi connectivity index (χ3v) is 4.31. The van der Waals surface area contributed by atoms with E-state index >= 15 is 0 Å². The number of rotatable bonds is 6. The summed E-state index contributed by atoms with van der Waals surface area (Å²) in [5, 5.41) is 16.9. The van der Waals surface area contributed by atoms with Gasteiger partial charge in [0.2, 0.25) is 0 Å². The average molecular weight is 369 g/mol. The van der Waals surface area contributed by atoms with Gasteiger partial charge in [0.1, 0.15) is 0 Å². The van der Waals surface area contributed by atoms with Crippen molar-refractivity contribution in [3.8, 4) is 0 Å². The first kappa shape index (κ1) is 20.9. The van der Waals surface area contributed by atoms with Gasteiger partial charge in [-0.3, -0.25) is 4.98 Å². The maximum absolute atomic E-state index is 10.5. The van der Waals surface area contributed by atoms with Crippen molar-refractivity contribution in [2.75, 3.05) is 13.1 Å². The predicted octanol–water partition coefficient (Wildman–Crippen LogP) is 3.48. The zero-order valence-corrected chi connectivity index (χ0v) is 17.1. The number of aliphatic hydroxyl groups is 1. The van der Waals surface area contributed by atoms with Crippen LogP contribution in [-0.4, -0.2) is 29.1 Å². The molecule has 5 nitrogen and oxygen atoms in total. The molecule has 2 aromatic rings. The molecule has 0 amide bonds. The number of benzene rings is 1. The average Bonchev–Trinajstić information content (AvgIpc) is 2.63. The summed E-state index contributed by atoms with van der Waals surface area (Å²) >= 11 is 0. The molecule has 0 saturated carbocycles. The van der Waals surface area contributed by atoms with E-state index in [0.29, 0.717) is 19.0 Å². The standard InChI is InChI=1S/C22H32N4O/c1-6-23-21(24-14-19-9-7-8-16(2)26-19)25-15-20(27)17-10-12-18(13-11-17)22(3,4)5/h7-13,20,27H,6,14-15H2,1-5H3,(H2,23,24,25). The highest BCUT2D eigenvalue weighted by Gasteiger charge is 2.14. The van der Waals surface area contributed by atoms with Crippen LogP contribution < -0.4 is 10.6 Å². The second-order valence-corrected chi connectivity index (χ2v) is 7.73. The van der Waals surface area contributed by atoms with E-state index in [9.17, 15) is 5.11 Å². The second-order valence-electron chi connectivity index (χ2n) is 7.73. The highest BCUT2D eigenvalue weighted by atomic mass is 16.3. The van der Waals surface area contributed by atoms with E-state index in [0.717, 1.165) is 23.5 Å². The van der Waals surface area contributed by atoms with Gasteiger partial charge in [-0.05, 0) is 42.5 Å². The molecule has 1 atom stereocenters. The van der Waals surface area contributed by atoms with Crippen LogP contribution in [-0.2, 0) is 12.0 Å². The smallest absolute Gasteiger partial charge is 0.191 e. The Bertz CT molecular complexity index is 748. The van der Waals surface area contributed by atoms with Crippen molar-refractivity contribution < 1.29 is 5.11 Å². The van der Waals surface area contributed by atoms with Crippen LogP contribution >= 0.6 is 0 Å². The van der Waals surface area contributed by atoms with E-state index in [-0.39, 0.29) is 5.41 Å². The van der Waals surface area contributed by atoms with Gasteiger partial charge in [0.15, 0.2) is 5.96 Å². The van der Waals surface area contributed by atoms with Crippen LogP contribution in [0.15, 0.2) is 47.5 Å². The summed E-state index contributed by atoms with van der Waals surface area (Å²) in [4.78, 5) is 9.02. The van der Waals surface area contributed by atoms with Crippen LogP contribution in [0.5, 0.6) is 0 Å². The molecule has 0 aliphatic carbocycles. The van der Waals surface area contributed by atoms with Crippen molar-refractivity contribution in [2.45, 2.75) is 52.7 Å². The number of aromatic nitrogens is 1. The molecular formula is C22H32N4O. The third kappa shape index (κ3) is 6.68. The van der Waals surface area contributed by atoms with E-state index in [2.05, 4.69) is 53.5 Å².